The molecule has 2 aliphatic rings. The Morgan fingerprint density at radius 2 is 2.12 bits per heavy atom. The van der Waals surface area contributed by atoms with E-state index in [1.807, 2.05) is 6.92 Å². The van der Waals surface area contributed by atoms with Crippen LogP contribution in [-0.4, -0.2) is 43.7 Å². The van der Waals surface area contributed by atoms with E-state index in [1.54, 1.807) is 7.11 Å². The predicted molar refractivity (Wildman–Crippen MR) is 68.5 cm³/mol. The van der Waals surface area contributed by atoms with Gasteiger partial charge in [0.15, 0.2) is 0 Å². The minimum absolute atomic E-state index is 0.145. The van der Waals surface area contributed by atoms with Crippen molar-refractivity contribution in [3.63, 3.8) is 0 Å². The third-order valence-corrected chi connectivity index (χ3v) is 3.91. The molecule has 1 saturated heterocycles. The zero-order valence-corrected chi connectivity index (χ0v) is 10.9. The minimum Gasteiger partial charge on any atom is -0.382 e. The van der Waals surface area contributed by atoms with Crippen LogP contribution >= 0.6 is 0 Å². The van der Waals surface area contributed by atoms with Crippen molar-refractivity contribution >= 4 is 5.96 Å². The molecule has 1 saturated carbocycles. The summed E-state index contributed by atoms with van der Waals surface area (Å²) in [6, 6.07) is 0.145. The molecule has 3 unspecified atom stereocenters. The fourth-order valence-corrected chi connectivity index (χ4v) is 3.11. The zero-order chi connectivity index (χ0) is 12.3. The van der Waals surface area contributed by atoms with Gasteiger partial charge >= 0.3 is 0 Å². The number of hydrogen-bond donors (Lipinski definition) is 2. The quantitative estimate of drug-likeness (QED) is 0.328. The Morgan fingerprint density at radius 1 is 1.47 bits per heavy atom. The zero-order valence-electron chi connectivity index (χ0n) is 10.9. The topological polar surface area (TPSA) is 62.9 Å². The maximum atomic E-state index is 5.58. The lowest BCUT2D eigenvalue weighted by atomic mass is 10.0. The number of nitrogens with one attached hydrogen (secondary N) is 1. The summed E-state index contributed by atoms with van der Waals surface area (Å²) < 4.78 is 5.09. The maximum Gasteiger partial charge on any atom is 0.208 e. The van der Waals surface area contributed by atoms with E-state index in [2.05, 4.69) is 15.3 Å². The number of hydrogen-bond acceptors (Lipinski definition) is 3. The minimum atomic E-state index is 0.145. The van der Waals surface area contributed by atoms with Gasteiger partial charge in [0, 0.05) is 20.2 Å². The summed E-state index contributed by atoms with van der Waals surface area (Å²) in [7, 11) is 1.70. The number of methoxy groups -OCH3 is 1. The molecule has 0 aromatic heterocycles. The molecule has 1 aliphatic heterocycles. The number of ether oxygens (including phenoxy) is 1. The summed E-state index contributed by atoms with van der Waals surface area (Å²) in [6.45, 7) is 4.88. The molecule has 2 rings (SSSR count). The molecule has 17 heavy (non-hydrogen) atoms. The first kappa shape index (κ1) is 12.6. The second-order valence-electron chi connectivity index (χ2n) is 5.26. The molecule has 0 amide bonds. The molecule has 0 spiro atoms. The van der Waals surface area contributed by atoms with E-state index in [0.717, 1.165) is 30.9 Å². The molecule has 5 heteroatoms. The number of rotatable bonds is 3. The molecule has 0 radical (unpaired) electrons. The lowest BCUT2D eigenvalue weighted by Crippen LogP contribution is -2.45. The summed E-state index contributed by atoms with van der Waals surface area (Å²) in [6.07, 6.45) is 4.13. The monoisotopic (exact) mass is 240 g/mol. The van der Waals surface area contributed by atoms with Crippen LogP contribution in [0, 0.1) is 11.8 Å². The third kappa shape index (κ3) is 2.90. The van der Waals surface area contributed by atoms with Gasteiger partial charge in [-0.15, -0.1) is 0 Å². The number of aliphatic imine (C=N–C) groups is 1. The Morgan fingerprint density at radius 3 is 2.65 bits per heavy atom. The summed E-state index contributed by atoms with van der Waals surface area (Å²) in [5, 5.41) is 0. The first-order valence-corrected chi connectivity index (χ1v) is 6.53. The normalized spacial score (nSPS) is 30.5. The number of guanidine groups is 1. The largest absolute Gasteiger partial charge is 0.382 e. The van der Waals surface area contributed by atoms with Gasteiger partial charge in [-0.2, -0.15) is 0 Å². The molecular weight excluding hydrogens is 216 g/mol. The van der Waals surface area contributed by atoms with E-state index < -0.39 is 0 Å². The highest BCUT2D eigenvalue weighted by Crippen LogP contribution is 2.37. The van der Waals surface area contributed by atoms with Gasteiger partial charge in [0.05, 0.1) is 12.6 Å². The van der Waals surface area contributed by atoms with E-state index >= 15 is 0 Å². The van der Waals surface area contributed by atoms with Crippen LogP contribution in [0.3, 0.4) is 0 Å². The van der Waals surface area contributed by atoms with Gasteiger partial charge in [-0.25, -0.2) is 10.8 Å². The standard InChI is InChI=1S/C12H24N4O/c1-9(8-17-2)14-12(15-13)16-6-10-4-3-5-11(10)7-16/h9-11H,3-8,13H2,1-2H3,(H,14,15). The van der Waals surface area contributed by atoms with Crippen molar-refractivity contribution in [3.8, 4) is 0 Å². The van der Waals surface area contributed by atoms with Gasteiger partial charge in [-0.05, 0) is 31.6 Å². The van der Waals surface area contributed by atoms with Gasteiger partial charge in [-0.3, -0.25) is 5.43 Å². The van der Waals surface area contributed by atoms with Crippen molar-refractivity contribution in [1.29, 1.82) is 0 Å². The lowest BCUT2D eigenvalue weighted by molar-refractivity contribution is 0.185. The Hall–Kier alpha value is -0.810. The molecule has 98 valence electrons. The highest BCUT2D eigenvalue weighted by atomic mass is 16.5. The Labute approximate surface area is 103 Å². The summed E-state index contributed by atoms with van der Waals surface area (Å²) in [5.41, 5.74) is 2.74. The third-order valence-electron chi connectivity index (χ3n) is 3.91. The highest BCUT2D eigenvalue weighted by Gasteiger charge is 2.37. The Balaban J connectivity index is 1.95. The Kier molecular flexibility index (Phi) is 4.23. The summed E-state index contributed by atoms with van der Waals surface area (Å²) in [5.74, 6) is 8.11. The van der Waals surface area contributed by atoms with Gasteiger partial charge in [0.1, 0.15) is 0 Å². The molecule has 1 heterocycles. The molecule has 3 atom stereocenters. The highest BCUT2D eigenvalue weighted by molar-refractivity contribution is 5.79. The van der Waals surface area contributed by atoms with Crippen molar-refractivity contribution in [1.82, 2.24) is 10.3 Å². The average Bonchev–Trinajstić information content (AvgIpc) is 2.86. The van der Waals surface area contributed by atoms with Gasteiger partial charge < -0.3 is 9.64 Å². The SMILES string of the molecule is COCC(C)N=C(NN)N1CC2CCCC2C1. The molecule has 1 aliphatic carbocycles. The molecule has 3 N–H and O–H groups in total. The van der Waals surface area contributed by atoms with Crippen LogP contribution in [0.15, 0.2) is 4.99 Å². The van der Waals surface area contributed by atoms with Crippen LogP contribution in [0.4, 0.5) is 0 Å². The summed E-state index contributed by atoms with van der Waals surface area (Å²) >= 11 is 0. The molecule has 2 fully saturated rings. The summed E-state index contributed by atoms with van der Waals surface area (Å²) in [4.78, 5) is 6.87. The van der Waals surface area contributed by atoms with Gasteiger partial charge in [0.2, 0.25) is 5.96 Å². The average molecular weight is 240 g/mol. The van der Waals surface area contributed by atoms with Crippen LogP contribution in [0.1, 0.15) is 26.2 Å². The van der Waals surface area contributed by atoms with Gasteiger partial charge in [-0.1, -0.05) is 6.42 Å². The van der Waals surface area contributed by atoms with Crippen molar-refractivity contribution in [2.24, 2.45) is 22.7 Å². The molecule has 0 aromatic carbocycles. The molecule has 0 aromatic rings. The fourth-order valence-electron chi connectivity index (χ4n) is 3.11. The van der Waals surface area contributed by atoms with E-state index in [4.69, 9.17) is 10.6 Å². The second-order valence-corrected chi connectivity index (χ2v) is 5.26. The van der Waals surface area contributed by atoms with E-state index in [9.17, 15) is 0 Å². The fraction of sp³-hybridized carbons (Fsp3) is 0.917. The van der Waals surface area contributed by atoms with Crippen molar-refractivity contribution < 1.29 is 4.74 Å². The van der Waals surface area contributed by atoms with Crippen LogP contribution in [0.2, 0.25) is 0 Å². The number of nitrogens with zero attached hydrogens (tertiary/aromatic N) is 2. The Bertz CT molecular complexity index is 270. The lowest BCUT2D eigenvalue weighted by Gasteiger charge is -2.22. The first-order valence-electron chi connectivity index (χ1n) is 6.53. The number of hydrazine groups is 1. The van der Waals surface area contributed by atoms with Crippen LogP contribution < -0.4 is 11.3 Å². The number of likely N-dealkylation sites (tertiary alicyclic amines) is 1. The van der Waals surface area contributed by atoms with Crippen LogP contribution in [-0.2, 0) is 4.74 Å². The van der Waals surface area contributed by atoms with E-state index in [1.165, 1.54) is 19.3 Å². The van der Waals surface area contributed by atoms with Crippen molar-refractivity contribution in [3.05, 3.63) is 0 Å². The van der Waals surface area contributed by atoms with Crippen molar-refractivity contribution in [2.45, 2.75) is 32.2 Å². The smallest absolute Gasteiger partial charge is 0.208 e. The molecular formula is C12H24N4O. The van der Waals surface area contributed by atoms with Crippen molar-refractivity contribution in [2.75, 3.05) is 26.8 Å². The predicted octanol–water partition coefficient (Wildman–Crippen LogP) is 0.573. The van der Waals surface area contributed by atoms with Crippen LogP contribution in [0.25, 0.3) is 0 Å². The van der Waals surface area contributed by atoms with E-state index in [-0.39, 0.29) is 6.04 Å². The van der Waals surface area contributed by atoms with Gasteiger partial charge in [0.25, 0.3) is 0 Å². The number of nitrogens with two attached hydrogens (primary N) is 1. The van der Waals surface area contributed by atoms with E-state index in [0.29, 0.717) is 6.61 Å². The van der Waals surface area contributed by atoms with Crippen LogP contribution in [0.5, 0.6) is 0 Å². The molecule has 0 bridgehead atoms. The maximum absolute atomic E-state index is 5.58. The first-order chi connectivity index (χ1) is 8.24. The molecule has 5 nitrogen and oxygen atoms in total. The number of fused-ring (bicyclic) bond motifs is 1. The second kappa shape index (κ2) is 5.69.